The standard InChI is InChI=1S/C15H24N4/c1-4-19(15-11(3)16-9-10(2)17-15)14-7-12-5-6-13(8-14)18-12/h9,12-14,18H,4-8H2,1-3H3. The van der Waals surface area contributed by atoms with Crippen LogP contribution in [0.3, 0.4) is 0 Å². The number of fused-ring (bicyclic) bond motifs is 2. The highest BCUT2D eigenvalue weighted by atomic mass is 15.2. The summed E-state index contributed by atoms with van der Waals surface area (Å²) in [5.74, 6) is 1.09. The second-order valence-corrected chi connectivity index (χ2v) is 5.97. The van der Waals surface area contributed by atoms with Crippen molar-refractivity contribution in [3.8, 4) is 0 Å². The van der Waals surface area contributed by atoms with Crippen LogP contribution in [0.4, 0.5) is 5.82 Å². The first-order valence-electron chi connectivity index (χ1n) is 7.50. The largest absolute Gasteiger partial charge is 0.352 e. The van der Waals surface area contributed by atoms with Crippen molar-refractivity contribution in [3.05, 3.63) is 17.6 Å². The molecule has 0 aromatic carbocycles. The maximum absolute atomic E-state index is 4.73. The first-order chi connectivity index (χ1) is 9.17. The van der Waals surface area contributed by atoms with E-state index in [4.69, 9.17) is 4.98 Å². The minimum absolute atomic E-state index is 0.624. The van der Waals surface area contributed by atoms with Crippen LogP contribution < -0.4 is 10.2 Å². The van der Waals surface area contributed by atoms with Gasteiger partial charge >= 0.3 is 0 Å². The van der Waals surface area contributed by atoms with E-state index in [1.54, 1.807) is 0 Å². The topological polar surface area (TPSA) is 41.1 Å². The summed E-state index contributed by atoms with van der Waals surface area (Å²) in [5.41, 5.74) is 2.06. The Bertz CT molecular complexity index is 447. The molecule has 2 aliphatic heterocycles. The van der Waals surface area contributed by atoms with Crippen LogP contribution in [0.1, 0.15) is 44.0 Å². The van der Waals surface area contributed by atoms with E-state index in [1.807, 2.05) is 13.1 Å². The van der Waals surface area contributed by atoms with Crippen molar-refractivity contribution in [2.24, 2.45) is 0 Å². The molecule has 0 aliphatic carbocycles. The van der Waals surface area contributed by atoms with Gasteiger partial charge in [-0.15, -0.1) is 0 Å². The number of nitrogens with one attached hydrogen (secondary N) is 1. The monoisotopic (exact) mass is 260 g/mol. The maximum Gasteiger partial charge on any atom is 0.150 e. The Hall–Kier alpha value is -1.16. The Kier molecular flexibility index (Phi) is 3.44. The second-order valence-electron chi connectivity index (χ2n) is 5.97. The van der Waals surface area contributed by atoms with Crippen LogP contribution in [0.15, 0.2) is 6.20 Å². The summed E-state index contributed by atoms with van der Waals surface area (Å²) < 4.78 is 0. The predicted molar refractivity (Wildman–Crippen MR) is 77.5 cm³/mol. The van der Waals surface area contributed by atoms with Crippen molar-refractivity contribution < 1.29 is 0 Å². The van der Waals surface area contributed by atoms with Crippen LogP contribution in [0.5, 0.6) is 0 Å². The number of hydrogen-bond donors (Lipinski definition) is 1. The maximum atomic E-state index is 4.73. The molecule has 4 heteroatoms. The van der Waals surface area contributed by atoms with Gasteiger partial charge in [-0.1, -0.05) is 0 Å². The Morgan fingerprint density at radius 2 is 1.95 bits per heavy atom. The second kappa shape index (κ2) is 5.08. The lowest BCUT2D eigenvalue weighted by Crippen LogP contribution is -2.48. The minimum Gasteiger partial charge on any atom is -0.352 e. The molecule has 104 valence electrons. The summed E-state index contributed by atoms with van der Waals surface area (Å²) in [6, 6.07) is 2.06. The van der Waals surface area contributed by atoms with Crippen LogP contribution in [0.2, 0.25) is 0 Å². The normalized spacial score (nSPS) is 29.5. The van der Waals surface area contributed by atoms with Gasteiger partial charge in [0.15, 0.2) is 5.82 Å². The van der Waals surface area contributed by atoms with E-state index in [0.717, 1.165) is 35.8 Å². The van der Waals surface area contributed by atoms with Gasteiger partial charge in [0, 0.05) is 30.9 Å². The molecule has 4 nitrogen and oxygen atoms in total. The summed E-state index contributed by atoms with van der Waals surface area (Å²) in [4.78, 5) is 11.7. The predicted octanol–water partition coefficient (Wildman–Crippen LogP) is 2.20. The third kappa shape index (κ3) is 2.46. The van der Waals surface area contributed by atoms with E-state index in [-0.39, 0.29) is 0 Å². The molecule has 0 amide bonds. The number of hydrogen-bond acceptors (Lipinski definition) is 4. The van der Waals surface area contributed by atoms with Crippen LogP contribution in [0.25, 0.3) is 0 Å². The molecule has 19 heavy (non-hydrogen) atoms. The molecule has 1 aromatic heterocycles. The first kappa shape index (κ1) is 12.9. The molecule has 0 spiro atoms. The zero-order valence-corrected chi connectivity index (χ0v) is 12.2. The van der Waals surface area contributed by atoms with Crippen molar-refractivity contribution in [2.45, 2.75) is 64.6 Å². The van der Waals surface area contributed by atoms with Gasteiger partial charge in [0.05, 0.1) is 11.4 Å². The van der Waals surface area contributed by atoms with Gasteiger partial charge < -0.3 is 10.2 Å². The Balaban J connectivity index is 1.85. The minimum atomic E-state index is 0.624. The lowest BCUT2D eigenvalue weighted by atomic mass is 9.98. The number of aromatic nitrogens is 2. The smallest absolute Gasteiger partial charge is 0.150 e. The fourth-order valence-corrected chi connectivity index (χ4v) is 3.66. The molecule has 2 aliphatic rings. The fraction of sp³-hybridized carbons (Fsp3) is 0.733. The SMILES string of the molecule is CCN(c1nc(C)cnc1C)C1CC2CCC(C1)N2. The molecular weight excluding hydrogens is 236 g/mol. The highest BCUT2D eigenvalue weighted by Crippen LogP contribution is 2.32. The van der Waals surface area contributed by atoms with Crippen LogP contribution in [-0.4, -0.2) is 34.6 Å². The van der Waals surface area contributed by atoms with E-state index < -0.39 is 0 Å². The Labute approximate surface area is 115 Å². The van der Waals surface area contributed by atoms with Crippen LogP contribution in [0, 0.1) is 13.8 Å². The van der Waals surface area contributed by atoms with Crippen LogP contribution in [-0.2, 0) is 0 Å². The van der Waals surface area contributed by atoms with Crippen LogP contribution >= 0.6 is 0 Å². The van der Waals surface area contributed by atoms with Gasteiger partial charge in [0.1, 0.15) is 0 Å². The Morgan fingerprint density at radius 3 is 2.58 bits per heavy atom. The lowest BCUT2D eigenvalue weighted by Gasteiger charge is -2.38. The van der Waals surface area contributed by atoms with Crippen molar-refractivity contribution >= 4 is 5.82 Å². The Morgan fingerprint density at radius 1 is 1.26 bits per heavy atom. The van der Waals surface area contributed by atoms with Crippen molar-refractivity contribution in [3.63, 3.8) is 0 Å². The molecule has 2 saturated heterocycles. The third-order valence-electron chi connectivity index (χ3n) is 4.55. The van der Waals surface area contributed by atoms with Gasteiger partial charge in [0.2, 0.25) is 0 Å². The highest BCUT2D eigenvalue weighted by molar-refractivity contribution is 5.44. The first-order valence-corrected chi connectivity index (χ1v) is 7.50. The van der Waals surface area contributed by atoms with Gasteiger partial charge in [-0.05, 0) is 46.5 Å². The quantitative estimate of drug-likeness (QED) is 0.904. The summed E-state index contributed by atoms with van der Waals surface area (Å²) in [6.45, 7) is 7.34. The number of anilines is 1. The van der Waals surface area contributed by atoms with Crippen molar-refractivity contribution in [1.82, 2.24) is 15.3 Å². The summed E-state index contributed by atoms with van der Waals surface area (Å²) in [7, 11) is 0. The van der Waals surface area contributed by atoms with Gasteiger partial charge in [-0.3, -0.25) is 4.98 Å². The molecule has 1 N–H and O–H groups in total. The molecule has 2 unspecified atom stereocenters. The highest BCUT2D eigenvalue weighted by Gasteiger charge is 2.36. The number of rotatable bonds is 3. The fourth-order valence-electron chi connectivity index (χ4n) is 3.66. The van der Waals surface area contributed by atoms with Gasteiger partial charge in [-0.2, -0.15) is 0 Å². The van der Waals surface area contributed by atoms with E-state index in [9.17, 15) is 0 Å². The van der Waals surface area contributed by atoms with Gasteiger partial charge in [-0.25, -0.2) is 4.98 Å². The summed E-state index contributed by atoms with van der Waals surface area (Å²) >= 11 is 0. The molecular formula is C15H24N4. The molecule has 0 saturated carbocycles. The number of piperidine rings is 1. The molecule has 2 bridgehead atoms. The van der Waals surface area contributed by atoms with E-state index in [0.29, 0.717) is 6.04 Å². The molecule has 1 aromatic rings. The van der Waals surface area contributed by atoms with E-state index in [2.05, 4.69) is 29.0 Å². The van der Waals surface area contributed by atoms with E-state index >= 15 is 0 Å². The molecule has 3 rings (SSSR count). The molecule has 2 atom stereocenters. The molecule has 2 fully saturated rings. The van der Waals surface area contributed by atoms with Crippen molar-refractivity contribution in [2.75, 3.05) is 11.4 Å². The molecule has 0 radical (unpaired) electrons. The average Bonchev–Trinajstić information content (AvgIpc) is 2.74. The third-order valence-corrected chi connectivity index (χ3v) is 4.55. The number of aryl methyl sites for hydroxylation is 2. The molecule has 3 heterocycles. The zero-order valence-electron chi connectivity index (χ0n) is 12.2. The summed E-state index contributed by atoms with van der Waals surface area (Å²) in [6.07, 6.45) is 7.05. The van der Waals surface area contributed by atoms with Gasteiger partial charge in [0.25, 0.3) is 0 Å². The average molecular weight is 260 g/mol. The lowest BCUT2D eigenvalue weighted by molar-refractivity contribution is 0.347. The number of nitrogens with zero attached hydrogens (tertiary/aromatic N) is 3. The zero-order chi connectivity index (χ0) is 13.4. The van der Waals surface area contributed by atoms with E-state index in [1.165, 1.54) is 25.7 Å². The van der Waals surface area contributed by atoms with Crippen molar-refractivity contribution in [1.29, 1.82) is 0 Å². The summed E-state index contributed by atoms with van der Waals surface area (Å²) in [5, 5.41) is 3.71.